The van der Waals surface area contributed by atoms with E-state index in [1.807, 2.05) is 44.4 Å². The highest BCUT2D eigenvalue weighted by molar-refractivity contribution is 7.20. The van der Waals surface area contributed by atoms with Gasteiger partial charge in [0.1, 0.15) is 9.71 Å². The molecule has 0 aliphatic carbocycles. The molecule has 0 radical (unpaired) electrons. The number of ether oxygens (including phenoxy) is 1. The van der Waals surface area contributed by atoms with Gasteiger partial charge in [-0.3, -0.25) is 13.9 Å². The first-order valence-corrected chi connectivity index (χ1v) is 10.4. The quantitative estimate of drug-likeness (QED) is 0.581. The van der Waals surface area contributed by atoms with Gasteiger partial charge in [-0.05, 0) is 25.0 Å². The summed E-state index contributed by atoms with van der Waals surface area (Å²) in [5.74, 6) is -0.461. The van der Waals surface area contributed by atoms with E-state index in [1.165, 1.54) is 9.47 Å². The zero-order valence-corrected chi connectivity index (χ0v) is 18.0. The molecule has 0 unspecified atom stereocenters. The van der Waals surface area contributed by atoms with Crippen LogP contribution in [0.15, 0.2) is 39.9 Å². The van der Waals surface area contributed by atoms with Crippen molar-refractivity contribution in [2.45, 2.75) is 26.9 Å². The zero-order chi connectivity index (χ0) is 21.1. The van der Waals surface area contributed by atoms with Gasteiger partial charge < -0.3 is 9.64 Å². The molecule has 154 valence electrons. The third-order valence-corrected chi connectivity index (χ3v) is 6.07. The summed E-state index contributed by atoms with van der Waals surface area (Å²) >= 11 is 1.16. The third-order valence-electron chi connectivity index (χ3n) is 4.77. The highest BCUT2D eigenvalue weighted by Crippen LogP contribution is 2.28. The lowest BCUT2D eigenvalue weighted by Crippen LogP contribution is -3.06. The van der Waals surface area contributed by atoms with Crippen molar-refractivity contribution >= 4 is 27.5 Å². The van der Waals surface area contributed by atoms with E-state index in [0.717, 1.165) is 16.9 Å². The van der Waals surface area contributed by atoms with E-state index in [9.17, 15) is 14.4 Å². The molecule has 3 rings (SSSR count). The summed E-state index contributed by atoms with van der Waals surface area (Å²) < 4.78 is 8.02. The van der Waals surface area contributed by atoms with E-state index in [2.05, 4.69) is 0 Å². The number of carbonyl (C=O) groups excluding carboxylic acids is 1. The van der Waals surface area contributed by atoms with Crippen LogP contribution in [0.1, 0.15) is 27.7 Å². The molecule has 0 saturated carbocycles. The van der Waals surface area contributed by atoms with Crippen LogP contribution in [0.3, 0.4) is 0 Å². The number of likely N-dealkylation sites (N-methyl/N-ethyl adjacent to an activating group) is 1. The van der Waals surface area contributed by atoms with Gasteiger partial charge in [0, 0.05) is 0 Å². The molecule has 1 N–H and O–H groups in total. The Morgan fingerprint density at radius 2 is 1.83 bits per heavy atom. The van der Waals surface area contributed by atoms with Gasteiger partial charge in [0.2, 0.25) is 0 Å². The highest BCUT2D eigenvalue weighted by atomic mass is 32.1. The Bertz CT molecular complexity index is 1140. The molecule has 0 saturated heterocycles. The lowest BCUT2D eigenvalue weighted by Gasteiger charge is -2.13. The second kappa shape index (κ2) is 8.75. The summed E-state index contributed by atoms with van der Waals surface area (Å²) in [7, 11) is 4.01. The summed E-state index contributed by atoms with van der Waals surface area (Å²) in [5, 5.41) is 0.419. The van der Waals surface area contributed by atoms with Crippen LogP contribution < -0.4 is 16.1 Å². The molecule has 2 heterocycles. The summed E-state index contributed by atoms with van der Waals surface area (Å²) in [6.45, 7) is 5.09. The van der Waals surface area contributed by atoms with Gasteiger partial charge in [0.05, 0.1) is 45.7 Å². The second-order valence-electron chi connectivity index (χ2n) is 7.23. The van der Waals surface area contributed by atoms with Gasteiger partial charge in [-0.2, -0.15) is 0 Å². The Balaban J connectivity index is 2.26. The lowest BCUT2D eigenvalue weighted by atomic mass is 10.2. The number of carbonyl (C=O) groups is 1. The van der Waals surface area contributed by atoms with Crippen LogP contribution in [0.4, 0.5) is 0 Å². The van der Waals surface area contributed by atoms with Crippen molar-refractivity contribution in [1.82, 2.24) is 9.13 Å². The summed E-state index contributed by atoms with van der Waals surface area (Å²) in [5.41, 5.74) is 0.714. The largest absolute Gasteiger partial charge is 0.462 e. The third kappa shape index (κ3) is 4.18. The van der Waals surface area contributed by atoms with Gasteiger partial charge in [0.25, 0.3) is 5.56 Å². The topological polar surface area (TPSA) is 74.7 Å². The lowest BCUT2D eigenvalue weighted by molar-refractivity contribution is -0.858. The molecule has 29 heavy (non-hydrogen) atoms. The van der Waals surface area contributed by atoms with E-state index in [0.29, 0.717) is 33.7 Å². The predicted molar refractivity (Wildman–Crippen MR) is 114 cm³/mol. The molecule has 3 aromatic rings. The number of hydrogen-bond donors (Lipinski definition) is 1. The van der Waals surface area contributed by atoms with Gasteiger partial charge >= 0.3 is 11.7 Å². The second-order valence-corrected chi connectivity index (χ2v) is 8.22. The van der Waals surface area contributed by atoms with E-state index >= 15 is 0 Å². The number of fused-ring (bicyclic) bond motifs is 1. The highest BCUT2D eigenvalue weighted by Gasteiger charge is 2.24. The molecule has 2 aromatic heterocycles. The minimum atomic E-state index is -0.461. The molecule has 0 aliphatic rings. The standard InChI is InChI=1S/C21H25N3O4S/c1-5-28-20(26)17-14(2)16-18(25)24(13-15-9-7-6-8-10-15)21(27)23(19(16)29-17)12-11-22(3)4/h6-10H,5,11-13H2,1-4H3/p+1. The number of hydrogen-bond acceptors (Lipinski definition) is 5. The maximum absolute atomic E-state index is 13.3. The number of aromatic nitrogens is 2. The van der Waals surface area contributed by atoms with E-state index in [4.69, 9.17) is 4.74 Å². The van der Waals surface area contributed by atoms with Crippen molar-refractivity contribution in [3.8, 4) is 0 Å². The maximum Gasteiger partial charge on any atom is 0.348 e. The Kier molecular flexibility index (Phi) is 6.34. The van der Waals surface area contributed by atoms with Crippen LogP contribution >= 0.6 is 11.3 Å². The van der Waals surface area contributed by atoms with Crippen molar-refractivity contribution in [2.24, 2.45) is 0 Å². The molecule has 0 amide bonds. The normalized spacial score (nSPS) is 11.3. The fraction of sp³-hybridized carbons (Fsp3) is 0.381. The first-order chi connectivity index (χ1) is 13.8. The number of thiophene rings is 1. The fourth-order valence-corrected chi connectivity index (χ4v) is 4.44. The van der Waals surface area contributed by atoms with E-state index in [1.54, 1.807) is 18.4 Å². The first kappa shape index (κ1) is 21.0. The number of rotatable bonds is 7. The molecule has 0 atom stereocenters. The van der Waals surface area contributed by atoms with Crippen LogP contribution in [-0.4, -0.2) is 42.4 Å². The number of benzene rings is 1. The van der Waals surface area contributed by atoms with Gasteiger partial charge in [0.15, 0.2) is 0 Å². The SMILES string of the molecule is CCOC(=O)c1sc2c(c1C)c(=O)n(Cc1ccccc1)c(=O)n2CC[NH+](C)C. The fourth-order valence-electron chi connectivity index (χ4n) is 3.22. The molecule has 1 aromatic carbocycles. The van der Waals surface area contributed by atoms with Gasteiger partial charge in [-0.25, -0.2) is 9.59 Å². The van der Waals surface area contributed by atoms with Crippen molar-refractivity contribution in [2.75, 3.05) is 27.2 Å². The van der Waals surface area contributed by atoms with Crippen LogP contribution in [0.25, 0.3) is 10.2 Å². The van der Waals surface area contributed by atoms with Gasteiger partial charge in [-0.15, -0.1) is 11.3 Å². The van der Waals surface area contributed by atoms with Crippen molar-refractivity contribution in [1.29, 1.82) is 0 Å². The maximum atomic E-state index is 13.3. The van der Waals surface area contributed by atoms with E-state index in [-0.39, 0.29) is 24.4 Å². The van der Waals surface area contributed by atoms with Crippen molar-refractivity contribution in [3.63, 3.8) is 0 Å². The minimum Gasteiger partial charge on any atom is -0.462 e. The van der Waals surface area contributed by atoms with Gasteiger partial charge in [-0.1, -0.05) is 30.3 Å². The number of aryl methyl sites for hydroxylation is 1. The zero-order valence-electron chi connectivity index (χ0n) is 17.2. The minimum absolute atomic E-state index is 0.188. The van der Waals surface area contributed by atoms with Crippen molar-refractivity contribution in [3.05, 3.63) is 67.2 Å². The molecule has 0 spiro atoms. The Labute approximate surface area is 172 Å². The molecule has 0 aliphatic heterocycles. The summed E-state index contributed by atoms with van der Waals surface area (Å²) in [6.07, 6.45) is 0. The first-order valence-electron chi connectivity index (χ1n) is 9.62. The Morgan fingerprint density at radius 3 is 2.45 bits per heavy atom. The number of nitrogens with one attached hydrogen (secondary N) is 1. The molecular formula is C21H26N3O4S+. The monoisotopic (exact) mass is 416 g/mol. The average molecular weight is 417 g/mol. The van der Waals surface area contributed by atoms with Crippen LogP contribution in [0.5, 0.6) is 0 Å². The smallest absolute Gasteiger partial charge is 0.348 e. The van der Waals surface area contributed by atoms with E-state index < -0.39 is 5.97 Å². The predicted octanol–water partition coefficient (Wildman–Crippen LogP) is 0.903. The number of nitrogens with zero attached hydrogens (tertiary/aromatic N) is 2. The van der Waals surface area contributed by atoms with Crippen LogP contribution in [-0.2, 0) is 17.8 Å². The van der Waals surface area contributed by atoms with Crippen LogP contribution in [0.2, 0.25) is 0 Å². The molecule has 0 fully saturated rings. The summed E-state index contributed by atoms with van der Waals surface area (Å²) in [4.78, 5) is 41.0. The average Bonchev–Trinajstić information content (AvgIpc) is 3.03. The summed E-state index contributed by atoms with van der Waals surface area (Å²) in [6, 6.07) is 9.41. The number of quaternary nitrogens is 1. The molecule has 7 nitrogen and oxygen atoms in total. The van der Waals surface area contributed by atoms with Crippen LogP contribution in [0, 0.1) is 6.92 Å². The van der Waals surface area contributed by atoms with Crippen molar-refractivity contribution < 1.29 is 14.4 Å². The number of esters is 1. The molecule has 0 bridgehead atoms. The molecule has 8 heteroatoms. The Morgan fingerprint density at radius 1 is 1.14 bits per heavy atom. The molecular weight excluding hydrogens is 390 g/mol. The Hall–Kier alpha value is -2.71.